The van der Waals surface area contributed by atoms with E-state index >= 15 is 0 Å². The van der Waals surface area contributed by atoms with Gasteiger partial charge in [-0.15, -0.1) is 0 Å². The SMILES string of the molecule is C1=C\CC/C=C\CC/1.C[C@H]1CC[C@H](C)P1[C]1[CH][CH][CH][CH]1.C[C@H]1CC[C@H](C)P1[C]1[CH][CH][CH][CH]1.F[B-](F)(F)F.[Fe].[Rh]. The third-order valence-electron chi connectivity index (χ3n) is 7.12. The average molecular weight is 712 g/mol. The molecule has 4 fully saturated rings. The van der Waals surface area contributed by atoms with Gasteiger partial charge < -0.3 is 17.3 Å². The molecule has 0 nitrogen and oxygen atoms in total. The summed E-state index contributed by atoms with van der Waals surface area (Å²) in [5.41, 5.74) is 7.08. The second-order valence-electron chi connectivity index (χ2n) is 10.2. The van der Waals surface area contributed by atoms with Gasteiger partial charge in [0.25, 0.3) is 0 Å². The Kier molecular flexibility index (Phi) is 22.6. The molecule has 11 radical (unpaired) electrons. The third kappa shape index (κ3) is 16.6. The van der Waals surface area contributed by atoms with E-state index in [9.17, 15) is 17.3 Å². The van der Waals surface area contributed by atoms with Crippen molar-refractivity contribution in [1.82, 2.24) is 0 Å². The first-order chi connectivity index (χ1) is 17.6. The fraction of sp³-hybridized carbons (Fsp3) is 0.533. The molecular formula is C30H44BF4FeP2Rh-. The van der Waals surface area contributed by atoms with Gasteiger partial charge in [-0.2, -0.15) is 0 Å². The molecule has 223 valence electrons. The molecule has 0 aromatic rings. The van der Waals surface area contributed by atoms with Crippen LogP contribution in [0.5, 0.6) is 0 Å². The maximum atomic E-state index is 9.75. The van der Waals surface area contributed by atoms with E-state index in [-0.39, 0.29) is 52.4 Å². The predicted molar refractivity (Wildman–Crippen MR) is 158 cm³/mol. The molecule has 0 N–H and O–H groups in total. The van der Waals surface area contributed by atoms with E-state index in [1.165, 1.54) is 51.4 Å². The maximum Gasteiger partial charge on any atom is 0.673 e. The monoisotopic (exact) mass is 712 g/mol. The van der Waals surface area contributed by atoms with Gasteiger partial charge in [-0.05, 0) is 125 Å². The summed E-state index contributed by atoms with van der Waals surface area (Å²) in [7, 11) is -5.65. The summed E-state index contributed by atoms with van der Waals surface area (Å²) in [5, 5.41) is 0. The minimum Gasteiger partial charge on any atom is -0.418 e. The van der Waals surface area contributed by atoms with Gasteiger partial charge in [-0.3, -0.25) is 0 Å². The van der Waals surface area contributed by atoms with Crippen LogP contribution in [0, 0.1) is 62.7 Å². The predicted octanol–water partition coefficient (Wildman–Crippen LogP) is 10.8. The fourth-order valence-corrected chi connectivity index (χ4v) is 11.9. The second-order valence-corrected chi connectivity index (χ2v) is 16.4. The van der Waals surface area contributed by atoms with Crippen molar-refractivity contribution in [2.45, 2.75) is 102 Å². The molecule has 0 spiro atoms. The molecule has 39 heavy (non-hydrogen) atoms. The standard InChI is InChI=1S/2C11H16P.C8H12.BF4.Fe.Rh/c2*1-9-7-8-10(2)12(9)11-5-3-4-6-11;1-2-4-6-8-7-5-3-1;2-1(3,4)5;;/h2*3-6,9-10H,7-8H2,1-2H3;1-2,7-8H,3-6H2;;;/q;;;-1;;/b;;2-1-,8-7-;;;/t2*9-,10-;;;;/m00..../s1. The minimum absolute atomic E-state index is 0. The molecule has 0 bridgehead atoms. The summed E-state index contributed by atoms with van der Waals surface area (Å²) >= 11 is 0. The molecule has 5 aliphatic rings. The number of halogens is 4. The third-order valence-corrected chi connectivity index (χ3v) is 13.7. The Morgan fingerprint density at radius 1 is 0.538 bits per heavy atom. The number of hydrogen-bond donors (Lipinski definition) is 0. The van der Waals surface area contributed by atoms with Gasteiger partial charge in [0.1, 0.15) is 0 Å². The summed E-state index contributed by atoms with van der Waals surface area (Å²) in [5.74, 6) is 0. The molecule has 2 saturated carbocycles. The van der Waals surface area contributed by atoms with E-state index in [1.54, 1.807) is 11.3 Å². The molecule has 2 saturated heterocycles. The Balaban J connectivity index is 0.000000509. The Hall–Kier alpha value is 1.27. The number of rotatable bonds is 2. The van der Waals surface area contributed by atoms with Crippen molar-refractivity contribution >= 4 is 23.1 Å². The Morgan fingerprint density at radius 3 is 0.949 bits per heavy atom. The van der Waals surface area contributed by atoms with E-state index < -0.39 is 7.25 Å². The topological polar surface area (TPSA) is 0 Å². The molecule has 0 aromatic carbocycles. The largest absolute Gasteiger partial charge is 0.673 e. The van der Waals surface area contributed by atoms with Gasteiger partial charge >= 0.3 is 7.25 Å². The van der Waals surface area contributed by atoms with Gasteiger partial charge in [-0.1, -0.05) is 67.8 Å². The first-order valence-electron chi connectivity index (χ1n) is 13.7. The Bertz CT molecular complexity index is 582. The van der Waals surface area contributed by atoms with Crippen molar-refractivity contribution in [1.29, 1.82) is 0 Å². The van der Waals surface area contributed by atoms with Crippen LogP contribution < -0.4 is 0 Å². The van der Waals surface area contributed by atoms with E-state index in [0.29, 0.717) is 0 Å². The van der Waals surface area contributed by atoms with Gasteiger partial charge in [0.15, 0.2) is 0 Å². The van der Waals surface area contributed by atoms with Crippen LogP contribution >= 0.6 is 15.8 Å². The molecule has 0 amide bonds. The quantitative estimate of drug-likeness (QED) is 0.116. The van der Waals surface area contributed by atoms with Gasteiger partial charge in [0.05, 0.1) is 0 Å². The van der Waals surface area contributed by atoms with Crippen molar-refractivity contribution < 1.29 is 53.8 Å². The summed E-state index contributed by atoms with van der Waals surface area (Å²) in [6.45, 7) is 9.68. The van der Waals surface area contributed by atoms with Crippen molar-refractivity contribution in [2.24, 2.45) is 0 Å². The molecule has 2 aliphatic heterocycles. The smallest absolute Gasteiger partial charge is 0.418 e. The van der Waals surface area contributed by atoms with Gasteiger partial charge in [0.2, 0.25) is 0 Å². The van der Waals surface area contributed by atoms with Crippen LogP contribution in [0.15, 0.2) is 24.3 Å². The normalized spacial score (nSPS) is 31.6. The molecule has 0 aromatic heterocycles. The first kappa shape index (κ1) is 40.3. The fourth-order valence-electron chi connectivity index (χ4n) is 5.34. The van der Waals surface area contributed by atoms with Crippen molar-refractivity contribution in [3.63, 3.8) is 0 Å². The van der Waals surface area contributed by atoms with E-state index in [2.05, 4.69) is 103 Å². The Morgan fingerprint density at radius 2 is 0.744 bits per heavy atom. The van der Waals surface area contributed by atoms with Crippen molar-refractivity contribution in [2.75, 3.05) is 0 Å². The zero-order valence-electron chi connectivity index (χ0n) is 23.6. The molecule has 9 heteroatoms. The van der Waals surface area contributed by atoms with Crippen LogP contribution in [0.2, 0.25) is 0 Å². The molecule has 5 rings (SSSR count). The van der Waals surface area contributed by atoms with Gasteiger partial charge in [-0.25, -0.2) is 0 Å². The van der Waals surface area contributed by atoms with Crippen LogP contribution in [-0.4, -0.2) is 29.9 Å². The summed E-state index contributed by atoms with van der Waals surface area (Å²) < 4.78 is 39.0. The average Bonchev–Trinajstić information content (AvgIpc) is 3.58. The van der Waals surface area contributed by atoms with Crippen LogP contribution in [0.1, 0.15) is 79.1 Å². The summed E-state index contributed by atoms with van der Waals surface area (Å²) in [6, 6.07) is 0. The van der Waals surface area contributed by atoms with E-state index in [4.69, 9.17) is 0 Å². The van der Waals surface area contributed by atoms with Gasteiger partial charge in [0, 0.05) is 47.9 Å². The first-order valence-corrected chi connectivity index (χ1v) is 16.7. The van der Waals surface area contributed by atoms with Crippen LogP contribution in [0.25, 0.3) is 0 Å². The van der Waals surface area contributed by atoms with E-state index in [1.807, 2.05) is 0 Å². The van der Waals surface area contributed by atoms with Crippen LogP contribution in [0.4, 0.5) is 17.3 Å². The summed E-state index contributed by atoms with van der Waals surface area (Å²) in [4.78, 5) is 0. The minimum atomic E-state index is -6.00. The number of hydrogen-bond acceptors (Lipinski definition) is 0. The van der Waals surface area contributed by atoms with E-state index in [0.717, 1.165) is 22.6 Å². The molecule has 3 aliphatic carbocycles. The second kappa shape index (κ2) is 21.9. The zero-order chi connectivity index (χ0) is 27.3. The maximum absolute atomic E-state index is 9.75. The molecular weight excluding hydrogens is 668 g/mol. The molecule has 4 atom stereocenters. The molecule has 0 unspecified atom stereocenters. The van der Waals surface area contributed by atoms with Crippen LogP contribution in [-0.2, 0) is 36.5 Å². The van der Waals surface area contributed by atoms with Crippen molar-refractivity contribution in [3.8, 4) is 0 Å². The summed E-state index contributed by atoms with van der Waals surface area (Å²) in [6.07, 6.45) is 37.7. The van der Waals surface area contributed by atoms with Crippen molar-refractivity contribution in [3.05, 3.63) is 87.0 Å². The molecule has 2 heterocycles. The number of allylic oxidation sites excluding steroid dienone is 4. The zero-order valence-corrected chi connectivity index (χ0v) is 28.1. The van der Waals surface area contributed by atoms with Crippen LogP contribution in [0.3, 0.4) is 0 Å². The Labute approximate surface area is 264 Å².